The summed E-state index contributed by atoms with van der Waals surface area (Å²) in [6.45, 7) is 4.26. The predicted molar refractivity (Wildman–Crippen MR) is 86.2 cm³/mol. The molecule has 0 amide bonds. The number of aryl methyl sites for hydroxylation is 1. The van der Waals surface area contributed by atoms with Crippen LogP contribution in [0.1, 0.15) is 22.4 Å². The van der Waals surface area contributed by atoms with E-state index in [4.69, 9.17) is 10.00 Å². The quantitative estimate of drug-likeness (QED) is 0.869. The summed E-state index contributed by atoms with van der Waals surface area (Å²) in [6.07, 6.45) is 0. The van der Waals surface area contributed by atoms with Crippen molar-refractivity contribution in [3.05, 3.63) is 56.8 Å². The van der Waals surface area contributed by atoms with Crippen LogP contribution in [0, 0.1) is 31.0 Å². The van der Waals surface area contributed by atoms with Gasteiger partial charge in [0.05, 0.1) is 19.9 Å². The average molecular weight is 331 g/mol. The lowest BCUT2D eigenvalue weighted by molar-refractivity contribution is -0.917. The number of benzene rings is 1. The molecule has 1 N–H and O–H groups in total. The first-order valence-corrected chi connectivity index (χ1v) is 7.49. The van der Waals surface area contributed by atoms with E-state index in [9.17, 15) is 9.18 Å². The molecule has 126 valence electrons. The summed E-state index contributed by atoms with van der Waals surface area (Å²) in [5.74, 6) is -0.224. The molecular formula is C17H20FN4O2+. The topological polar surface area (TPSA) is 72.3 Å². The van der Waals surface area contributed by atoms with Gasteiger partial charge in [-0.15, -0.1) is 0 Å². The molecule has 6 nitrogen and oxygen atoms in total. The number of aromatic nitrogens is 2. The lowest BCUT2D eigenvalue weighted by Gasteiger charge is -2.16. The maximum Gasteiger partial charge on any atom is 0.289 e. The van der Waals surface area contributed by atoms with Crippen molar-refractivity contribution >= 4 is 0 Å². The van der Waals surface area contributed by atoms with Gasteiger partial charge in [-0.1, -0.05) is 0 Å². The summed E-state index contributed by atoms with van der Waals surface area (Å²) in [4.78, 5) is 13.2. The molecule has 0 aliphatic heterocycles. The molecule has 0 aliphatic rings. The van der Waals surface area contributed by atoms with E-state index in [0.29, 0.717) is 17.8 Å². The Labute approximate surface area is 139 Å². The fourth-order valence-corrected chi connectivity index (χ4v) is 2.49. The van der Waals surface area contributed by atoms with Crippen LogP contribution in [0.15, 0.2) is 23.0 Å². The maximum absolute atomic E-state index is 13.8. The zero-order chi connectivity index (χ0) is 17.9. The molecule has 1 heterocycles. The van der Waals surface area contributed by atoms with E-state index in [1.165, 1.54) is 17.9 Å². The fourth-order valence-electron chi connectivity index (χ4n) is 2.49. The Morgan fingerprint density at radius 3 is 2.71 bits per heavy atom. The van der Waals surface area contributed by atoms with E-state index in [0.717, 1.165) is 10.5 Å². The normalized spacial score (nSPS) is 11.8. The minimum atomic E-state index is -0.420. The second kappa shape index (κ2) is 7.23. The number of halogens is 1. The number of hydrogen-bond acceptors (Lipinski definition) is 4. The molecule has 1 aromatic carbocycles. The molecule has 24 heavy (non-hydrogen) atoms. The number of methoxy groups -OCH3 is 1. The highest BCUT2D eigenvalue weighted by atomic mass is 19.1. The highest BCUT2D eigenvalue weighted by molar-refractivity contribution is 5.36. The molecule has 0 aliphatic carbocycles. The Morgan fingerprint density at radius 1 is 1.42 bits per heavy atom. The average Bonchev–Trinajstić information content (AvgIpc) is 2.53. The van der Waals surface area contributed by atoms with Gasteiger partial charge in [-0.05, 0) is 37.6 Å². The molecule has 0 saturated heterocycles. The molecule has 0 radical (unpaired) electrons. The lowest BCUT2D eigenvalue weighted by atomic mass is 10.1. The summed E-state index contributed by atoms with van der Waals surface area (Å²) in [6, 6.07) is 6.71. The smallest absolute Gasteiger partial charge is 0.289 e. The van der Waals surface area contributed by atoms with Gasteiger partial charge < -0.3 is 9.64 Å². The van der Waals surface area contributed by atoms with E-state index in [1.807, 2.05) is 13.1 Å². The third-order valence-electron chi connectivity index (χ3n) is 3.89. The van der Waals surface area contributed by atoms with Crippen molar-refractivity contribution in [2.75, 3.05) is 14.2 Å². The zero-order valence-electron chi connectivity index (χ0n) is 14.2. The van der Waals surface area contributed by atoms with Crippen molar-refractivity contribution in [2.24, 2.45) is 0 Å². The van der Waals surface area contributed by atoms with Crippen LogP contribution in [0.3, 0.4) is 0 Å². The molecule has 0 spiro atoms. The number of nitrogens with one attached hydrogen (secondary N) is 1. The van der Waals surface area contributed by atoms with Crippen molar-refractivity contribution in [3.63, 3.8) is 0 Å². The summed E-state index contributed by atoms with van der Waals surface area (Å²) in [5.41, 5.74) is 1.75. The van der Waals surface area contributed by atoms with E-state index in [2.05, 4.69) is 5.10 Å². The number of ether oxygens (including phenoxy) is 1. The number of nitriles is 1. The van der Waals surface area contributed by atoms with E-state index >= 15 is 0 Å². The van der Waals surface area contributed by atoms with E-state index < -0.39 is 11.4 Å². The number of nitrogens with zero attached hydrogens (tertiary/aromatic N) is 3. The van der Waals surface area contributed by atoms with Gasteiger partial charge >= 0.3 is 0 Å². The highest BCUT2D eigenvalue weighted by Crippen LogP contribution is 2.17. The first-order chi connectivity index (χ1) is 11.4. The Bertz CT molecular complexity index is 855. The van der Waals surface area contributed by atoms with Crippen LogP contribution in [0.2, 0.25) is 0 Å². The summed E-state index contributed by atoms with van der Waals surface area (Å²) >= 11 is 0. The number of hydrogen-bond donors (Lipinski definition) is 1. The second-order valence-corrected chi connectivity index (χ2v) is 5.76. The van der Waals surface area contributed by atoms with Gasteiger partial charge in [0, 0.05) is 5.56 Å². The van der Waals surface area contributed by atoms with Gasteiger partial charge in [-0.2, -0.15) is 15.0 Å². The molecule has 1 unspecified atom stereocenters. The standard InChI is InChI=1S/C17H19FN4O2/c1-11-12(2)20-22(17(23)14(11)8-19)10-21(3)9-13-5-6-16(24-4)15(18)7-13/h5-7H,9-10H2,1-4H3/p+1. The molecule has 0 bridgehead atoms. The van der Waals surface area contributed by atoms with Crippen molar-refractivity contribution in [2.45, 2.75) is 27.1 Å². The Kier molecular flexibility index (Phi) is 5.31. The minimum absolute atomic E-state index is 0.116. The van der Waals surface area contributed by atoms with Crippen LogP contribution in [0.5, 0.6) is 5.75 Å². The first kappa shape index (κ1) is 17.6. The Hall–Kier alpha value is -2.72. The van der Waals surface area contributed by atoms with Crippen LogP contribution in [-0.4, -0.2) is 23.9 Å². The second-order valence-electron chi connectivity index (χ2n) is 5.76. The minimum Gasteiger partial charge on any atom is -0.494 e. The molecule has 7 heteroatoms. The van der Waals surface area contributed by atoms with Gasteiger partial charge in [0.1, 0.15) is 18.2 Å². The molecule has 0 fully saturated rings. The van der Waals surface area contributed by atoms with Gasteiger partial charge in [-0.3, -0.25) is 4.79 Å². The largest absolute Gasteiger partial charge is 0.494 e. The summed E-state index contributed by atoms with van der Waals surface area (Å²) < 4.78 is 19.9. The number of quaternary nitrogens is 1. The SMILES string of the molecule is COc1ccc(C[NH+](C)Cn2nc(C)c(C)c(C#N)c2=O)cc1F. The zero-order valence-corrected chi connectivity index (χ0v) is 14.2. The van der Waals surface area contributed by atoms with Crippen molar-refractivity contribution in [1.82, 2.24) is 9.78 Å². The summed E-state index contributed by atoms with van der Waals surface area (Å²) in [7, 11) is 3.29. The van der Waals surface area contributed by atoms with Crippen molar-refractivity contribution in [1.29, 1.82) is 5.26 Å². The van der Waals surface area contributed by atoms with Crippen molar-refractivity contribution in [3.8, 4) is 11.8 Å². The lowest BCUT2D eigenvalue weighted by Crippen LogP contribution is -3.07. The Balaban J connectivity index is 2.20. The maximum atomic E-state index is 13.8. The monoisotopic (exact) mass is 331 g/mol. The van der Waals surface area contributed by atoms with Crippen LogP contribution < -0.4 is 15.2 Å². The van der Waals surface area contributed by atoms with Crippen LogP contribution in [0.4, 0.5) is 4.39 Å². The van der Waals surface area contributed by atoms with Gasteiger partial charge in [0.25, 0.3) is 5.56 Å². The van der Waals surface area contributed by atoms with Crippen molar-refractivity contribution < 1.29 is 14.0 Å². The first-order valence-electron chi connectivity index (χ1n) is 7.49. The van der Waals surface area contributed by atoms with E-state index in [-0.39, 0.29) is 18.0 Å². The molecule has 1 atom stereocenters. The third kappa shape index (κ3) is 3.60. The Morgan fingerprint density at radius 2 is 2.12 bits per heavy atom. The molecule has 2 rings (SSSR count). The fraction of sp³-hybridized carbons (Fsp3) is 0.353. The third-order valence-corrected chi connectivity index (χ3v) is 3.89. The van der Waals surface area contributed by atoms with Crippen LogP contribution >= 0.6 is 0 Å². The van der Waals surface area contributed by atoms with E-state index in [1.54, 1.807) is 26.0 Å². The summed E-state index contributed by atoms with van der Waals surface area (Å²) in [5, 5.41) is 13.4. The molecule has 2 aromatic rings. The van der Waals surface area contributed by atoms with Gasteiger partial charge in [0.15, 0.2) is 18.2 Å². The van der Waals surface area contributed by atoms with Crippen LogP contribution in [0.25, 0.3) is 0 Å². The molecule has 0 saturated carbocycles. The number of rotatable bonds is 5. The highest BCUT2D eigenvalue weighted by Gasteiger charge is 2.15. The predicted octanol–water partition coefficient (Wildman–Crippen LogP) is 0.552. The van der Waals surface area contributed by atoms with Gasteiger partial charge in [0.2, 0.25) is 0 Å². The molecular weight excluding hydrogens is 311 g/mol. The van der Waals surface area contributed by atoms with Crippen LogP contribution in [-0.2, 0) is 13.2 Å². The van der Waals surface area contributed by atoms with Gasteiger partial charge in [-0.25, -0.2) is 4.39 Å². The molecule has 1 aromatic heterocycles.